The van der Waals surface area contributed by atoms with Gasteiger partial charge in [0, 0.05) is 19.2 Å². The number of anilines is 2. The number of hydrogen-bond acceptors (Lipinski definition) is 2. The van der Waals surface area contributed by atoms with Gasteiger partial charge in [0.1, 0.15) is 11.6 Å². The van der Waals surface area contributed by atoms with Gasteiger partial charge < -0.3 is 10.6 Å². The maximum atomic E-state index is 13.4. The summed E-state index contributed by atoms with van der Waals surface area (Å²) in [4.78, 5) is 10.9. The molecule has 2 aromatic carbocycles. The summed E-state index contributed by atoms with van der Waals surface area (Å²) in [6.45, 7) is 1.79. The summed E-state index contributed by atoms with van der Waals surface area (Å²) in [5.74, 6) is -1.13. The van der Waals surface area contributed by atoms with Gasteiger partial charge in [0.25, 0.3) is 0 Å². The van der Waals surface area contributed by atoms with Gasteiger partial charge in [-0.2, -0.15) is 0 Å². The van der Waals surface area contributed by atoms with Crippen molar-refractivity contribution in [3.05, 3.63) is 59.7 Å². The third kappa shape index (κ3) is 3.78. The van der Waals surface area contributed by atoms with Gasteiger partial charge >= 0.3 is 0 Å². The quantitative estimate of drug-likeness (QED) is 0.896. The van der Waals surface area contributed by atoms with E-state index < -0.39 is 11.6 Å². The Balaban J connectivity index is 2.00. The van der Waals surface area contributed by atoms with Crippen LogP contribution in [0, 0.1) is 11.6 Å². The smallest absolute Gasteiger partial charge is 0.221 e. The lowest BCUT2D eigenvalue weighted by Crippen LogP contribution is -2.06. The van der Waals surface area contributed by atoms with Crippen LogP contribution >= 0.6 is 0 Å². The van der Waals surface area contributed by atoms with Crippen LogP contribution in [-0.4, -0.2) is 5.91 Å². The van der Waals surface area contributed by atoms with E-state index in [1.165, 1.54) is 6.92 Å². The summed E-state index contributed by atoms with van der Waals surface area (Å²) in [5.41, 5.74) is 1.71. The second-order valence-corrected chi connectivity index (χ2v) is 4.36. The van der Waals surface area contributed by atoms with Crippen LogP contribution in [0.15, 0.2) is 42.5 Å². The van der Waals surface area contributed by atoms with E-state index in [-0.39, 0.29) is 11.6 Å². The van der Waals surface area contributed by atoms with E-state index in [9.17, 15) is 13.6 Å². The zero-order chi connectivity index (χ0) is 14.5. The first-order valence-corrected chi connectivity index (χ1v) is 6.10. The number of benzene rings is 2. The number of carbonyl (C=O) groups is 1. The first kappa shape index (κ1) is 14.0. The predicted molar refractivity (Wildman–Crippen MR) is 74.4 cm³/mol. The van der Waals surface area contributed by atoms with Crippen molar-refractivity contribution in [2.24, 2.45) is 0 Å². The van der Waals surface area contributed by atoms with Gasteiger partial charge in [-0.05, 0) is 35.9 Å². The van der Waals surface area contributed by atoms with Crippen LogP contribution in [0.3, 0.4) is 0 Å². The molecule has 0 saturated carbocycles. The van der Waals surface area contributed by atoms with Gasteiger partial charge in [-0.1, -0.05) is 12.1 Å². The molecule has 5 heteroatoms. The van der Waals surface area contributed by atoms with E-state index in [0.29, 0.717) is 12.2 Å². The molecule has 0 aromatic heterocycles. The molecule has 0 atom stereocenters. The summed E-state index contributed by atoms with van der Waals surface area (Å²) >= 11 is 0. The number of carbonyl (C=O) groups excluding carboxylic acids is 1. The molecule has 2 aromatic rings. The molecule has 2 rings (SSSR count). The highest BCUT2D eigenvalue weighted by atomic mass is 19.1. The fraction of sp³-hybridized carbons (Fsp3) is 0.133. The molecule has 0 fully saturated rings. The molecule has 104 valence electrons. The summed E-state index contributed by atoms with van der Waals surface area (Å²) in [6.07, 6.45) is 0. The Morgan fingerprint density at radius 3 is 2.45 bits per heavy atom. The van der Waals surface area contributed by atoms with Crippen molar-refractivity contribution in [3.63, 3.8) is 0 Å². The molecule has 20 heavy (non-hydrogen) atoms. The normalized spacial score (nSPS) is 10.2. The van der Waals surface area contributed by atoms with Crippen LogP contribution in [0.4, 0.5) is 20.2 Å². The Morgan fingerprint density at radius 2 is 1.80 bits per heavy atom. The average Bonchev–Trinajstić information content (AvgIpc) is 2.41. The Hall–Kier alpha value is -2.43. The lowest BCUT2D eigenvalue weighted by Gasteiger charge is -2.09. The standard InChI is InChI=1S/C15H14F2N2O/c1-10(20)19-13-5-2-11(3-6-13)9-18-15-8-12(16)4-7-14(15)17/h2-8,18H,9H2,1H3,(H,19,20). The van der Waals surface area contributed by atoms with Crippen LogP contribution in [-0.2, 0) is 11.3 Å². The lowest BCUT2D eigenvalue weighted by atomic mass is 10.2. The van der Waals surface area contributed by atoms with Crippen molar-refractivity contribution < 1.29 is 13.6 Å². The Kier molecular flexibility index (Phi) is 4.30. The molecule has 0 aliphatic heterocycles. The minimum Gasteiger partial charge on any atom is -0.379 e. The van der Waals surface area contributed by atoms with Crippen molar-refractivity contribution in [3.8, 4) is 0 Å². The Bertz CT molecular complexity index is 612. The van der Waals surface area contributed by atoms with Crippen molar-refractivity contribution in [1.82, 2.24) is 0 Å². The summed E-state index contributed by atoms with van der Waals surface area (Å²) in [5, 5.41) is 5.48. The molecule has 0 aliphatic rings. The fourth-order valence-electron chi connectivity index (χ4n) is 1.74. The second-order valence-electron chi connectivity index (χ2n) is 4.36. The van der Waals surface area contributed by atoms with Crippen molar-refractivity contribution in [2.75, 3.05) is 10.6 Å². The van der Waals surface area contributed by atoms with Gasteiger partial charge in [0.15, 0.2) is 0 Å². The average molecular weight is 276 g/mol. The van der Waals surface area contributed by atoms with E-state index in [1.54, 1.807) is 24.3 Å². The van der Waals surface area contributed by atoms with Gasteiger partial charge in [-0.25, -0.2) is 8.78 Å². The summed E-state index contributed by atoms with van der Waals surface area (Å²) < 4.78 is 26.4. The van der Waals surface area contributed by atoms with Gasteiger partial charge in [0.05, 0.1) is 5.69 Å². The zero-order valence-corrected chi connectivity index (χ0v) is 10.9. The van der Waals surface area contributed by atoms with Crippen molar-refractivity contribution in [2.45, 2.75) is 13.5 Å². The van der Waals surface area contributed by atoms with E-state index in [2.05, 4.69) is 10.6 Å². The molecule has 0 heterocycles. The van der Waals surface area contributed by atoms with Crippen molar-refractivity contribution >= 4 is 17.3 Å². The SMILES string of the molecule is CC(=O)Nc1ccc(CNc2cc(F)ccc2F)cc1. The molecular weight excluding hydrogens is 262 g/mol. The molecule has 2 N–H and O–H groups in total. The molecule has 1 amide bonds. The fourth-order valence-corrected chi connectivity index (χ4v) is 1.74. The van der Waals surface area contributed by atoms with Crippen LogP contribution in [0.1, 0.15) is 12.5 Å². The van der Waals surface area contributed by atoms with Crippen LogP contribution in [0.2, 0.25) is 0 Å². The highest BCUT2D eigenvalue weighted by Gasteiger charge is 2.03. The second kappa shape index (κ2) is 6.14. The van der Waals surface area contributed by atoms with Gasteiger partial charge in [-0.15, -0.1) is 0 Å². The van der Waals surface area contributed by atoms with Crippen LogP contribution in [0.5, 0.6) is 0 Å². The predicted octanol–water partition coefficient (Wildman–Crippen LogP) is 3.54. The molecule has 0 unspecified atom stereocenters. The number of hydrogen-bond donors (Lipinski definition) is 2. The minimum absolute atomic E-state index is 0.121. The molecular formula is C15H14F2N2O. The molecule has 0 bridgehead atoms. The summed E-state index contributed by atoms with van der Waals surface area (Å²) in [7, 11) is 0. The number of halogens is 2. The lowest BCUT2D eigenvalue weighted by molar-refractivity contribution is -0.114. The third-order valence-corrected chi connectivity index (χ3v) is 2.69. The highest BCUT2D eigenvalue weighted by Crippen LogP contribution is 2.17. The first-order chi connectivity index (χ1) is 9.54. The van der Waals surface area contributed by atoms with E-state index in [4.69, 9.17) is 0 Å². The monoisotopic (exact) mass is 276 g/mol. The van der Waals surface area contributed by atoms with Gasteiger partial charge in [-0.3, -0.25) is 4.79 Å². The highest BCUT2D eigenvalue weighted by molar-refractivity contribution is 5.88. The molecule has 0 spiro atoms. The molecule has 0 radical (unpaired) electrons. The number of amides is 1. The van der Waals surface area contributed by atoms with E-state index >= 15 is 0 Å². The zero-order valence-electron chi connectivity index (χ0n) is 10.9. The van der Waals surface area contributed by atoms with Crippen LogP contribution in [0.25, 0.3) is 0 Å². The van der Waals surface area contributed by atoms with Crippen LogP contribution < -0.4 is 10.6 Å². The van der Waals surface area contributed by atoms with Gasteiger partial charge in [0.2, 0.25) is 5.91 Å². The van der Waals surface area contributed by atoms with E-state index in [0.717, 1.165) is 23.8 Å². The van der Waals surface area contributed by atoms with E-state index in [1.807, 2.05) is 0 Å². The first-order valence-electron chi connectivity index (χ1n) is 6.10. The minimum atomic E-state index is -0.499. The number of rotatable bonds is 4. The molecule has 3 nitrogen and oxygen atoms in total. The Labute approximate surface area is 115 Å². The molecule has 0 aliphatic carbocycles. The largest absolute Gasteiger partial charge is 0.379 e. The maximum absolute atomic E-state index is 13.4. The molecule has 0 saturated heterocycles. The third-order valence-electron chi connectivity index (χ3n) is 2.69. The summed E-state index contributed by atoms with van der Waals surface area (Å²) in [6, 6.07) is 10.4. The number of nitrogens with one attached hydrogen (secondary N) is 2. The Morgan fingerprint density at radius 1 is 1.10 bits per heavy atom. The topological polar surface area (TPSA) is 41.1 Å². The maximum Gasteiger partial charge on any atom is 0.221 e. The van der Waals surface area contributed by atoms with Crippen molar-refractivity contribution in [1.29, 1.82) is 0 Å².